The number of hydrogen-bond acceptors (Lipinski definition) is 3. The Morgan fingerprint density at radius 3 is 2.70 bits per heavy atom. The van der Waals surface area contributed by atoms with Crippen molar-refractivity contribution in [2.75, 3.05) is 5.32 Å². The summed E-state index contributed by atoms with van der Waals surface area (Å²) in [4.78, 5) is 17.0. The Morgan fingerprint density at radius 1 is 1.07 bits per heavy atom. The Hall–Kier alpha value is -3.67. The van der Waals surface area contributed by atoms with E-state index in [4.69, 9.17) is 0 Å². The topological polar surface area (TPSA) is 64.7 Å². The van der Waals surface area contributed by atoms with E-state index in [9.17, 15) is 4.79 Å². The van der Waals surface area contributed by atoms with Crippen molar-refractivity contribution < 1.29 is 4.79 Å². The average molecular weight is 357 g/mol. The highest BCUT2D eigenvalue weighted by Crippen LogP contribution is 2.21. The van der Waals surface area contributed by atoms with Crippen molar-refractivity contribution in [1.29, 1.82) is 0 Å². The molecule has 6 heteroatoms. The molecule has 4 rings (SSSR count). The third-order valence-electron chi connectivity index (χ3n) is 4.38. The number of hydrogen-bond donors (Lipinski definition) is 1. The molecule has 27 heavy (non-hydrogen) atoms. The predicted octanol–water partition coefficient (Wildman–Crippen LogP) is 3.58. The highest BCUT2D eigenvalue weighted by molar-refractivity contribution is 6.03. The molecule has 1 N–H and O–H groups in total. The molecule has 134 valence electrons. The molecule has 4 aromatic rings. The van der Waals surface area contributed by atoms with Gasteiger partial charge in [-0.05, 0) is 29.3 Å². The molecule has 0 bridgehead atoms. The van der Waals surface area contributed by atoms with Crippen LogP contribution in [0.15, 0.2) is 79.3 Å². The van der Waals surface area contributed by atoms with Crippen LogP contribution in [-0.2, 0) is 13.6 Å². The maximum absolute atomic E-state index is 12.7. The molecule has 0 saturated heterocycles. The van der Waals surface area contributed by atoms with Crippen molar-refractivity contribution in [2.45, 2.75) is 6.54 Å². The molecule has 0 fully saturated rings. The van der Waals surface area contributed by atoms with Gasteiger partial charge in [-0.2, -0.15) is 5.10 Å². The van der Waals surface area contributed by atoms with Crippen LogP contribution in [-0.4, -0.2) is 25.2 Å². The first kappa shape index (κ1) is 16.8. The Bertz CT molecular complexity index is 1050. The van der Waals surface area contributed by atoms with E-state index in [1.165, 1.54) is 0 Å². The Morgan fingerprint density at radius 2 is 1.93 bits per heavy atom. The lowest BCUT2D eigenvalue weighted by Gasteiger charge is -2.09. The van der Waals surface area contributed by atoms with Gasteiger partial charge in [-0.25, -0.2) is 4.98 Å². The van der Waals surface area contributed by atoms with Gasteiger partial charge in [-0.15, -0.1) is 0 Å². The van der Waals surface area contributed by atoms with Crippen molar-refractivity contribution in [1.82, 2.24) is 19.3 Å². The minimum atomic E-state index is -0.189. The number of nitrogens with zero attached hydrogens (tertiary/aromatic N) is 4. The highest BCUT2D eigenvalue weighted by Gasteiger charge is 2.13. The van der Waals surface area contributed by atoms with Gasteiger partial charge in [0.25, 0.3) is 5.91 Å². The summed E-state index contributed by atoms with van der Waals surface area (Å²) in [6, 6.07) is 19.4. The van der Waals surface area contributed by atoms with Gasteiger partial charge in [0, 0.05) is 25.0 Å². The molecule has 0 radical (unpaired) electrons. The molecule has 0 aliphatic heterocycles. The van der Waals surface area contributed by atoms with Crippen molar-refractivity contribution in [3.63, 3.8) is 0 Å². The Balaban J connectivity index is 1.52. The quantitative estimate of drug-likeness (QED) is 0.594. The summed E-state index contributed by atoms with van der Waals surface area (Å²) >= 11 is 0. The number of rotatable bonds is 5. The fourth-order valence-electron chi connectivity index (χ4n) is 2.97. The second kappa shape index (κ2) is 7.29. The van der Waals surface area contributed by atoms with Crippen LogP contribution < -0.4 is 5.32 Å². The van der Waals surface area contributed by atoms with Gasteiger partial charge in [-0.1, -0.05) is 42.5 Å². The van der Waals surface area contributed by atoms with E-state index in [0.29, 0.717) is 18.1 Å². The molecule has 6 nitrogen and oxygen atoms in total. The first-order valence-corrected chi connectivity index (χ1v) is 8.65. The van der Waals surface area contributed by atoms with Gasteiger partial charge in [0.15, 0.2) is 0 Å². The molecule has 0 aliphatic carbocycles. The zero-order valence-electron chi connectivity index (χ0n) is 14.9. The minimum Gasteiger partial charge on any atom is -0.313 e. The maximum Gasteiger partial charge on any atom is 0.257 e. The van der Waals surface area contributed by atoms with E-state index in [2.05, 4.69) is 15.4 Å². The number of amides is 1. The van der Waals surface area contributed by atoms with Crippen LogP contribution in [0.1, 0.15) is 15.9 Å². The number of carbonyl (C=O) groups excluding carboxylic acids is 1. The molecule has 0 aliphatic rings. The molecular formula is C21H19N5O. The number of anilines is 1. The van der Waals surface area contributed by atoms with Crippen LogP contribution in [0.3, 0.4) is 0 Å². The zero-order chi connectivity index (χ0) is 18.6. The molecule has 0 saturated carbocycles. The summed E-state index contributed by atoms with van der Waals surface area (Å²) in [5.41, 5.74) is 3.59. The van der Waals surface area contributed by atoms with Gasteiger partial charge in [0.05, 0.1) is 18.4 Å². The van der Waals surface area contributed by atoms with Crippen LogP contribution in [0.5, 0.6) is 0 Å². The highest BCUT2D eigenvalue weighted by atomic mass is 16.1. The number of imidazole rings is 1. The van der Waals surface area contributed by atoms with Crippen molar-refractivity contribution in [3.05, 3.63) is 90.4 Å². The first-order valence-electron chi connectivity index (χ1n) is 8.65. The van der Waals surface area contributed by atoms with Crippen LogP contribution in [0.2, 0.25) is 0 Å². The molecule has 2 aromatic heterocycles. The normalized spacial score (nSPS) is 10.7. The fourth-order valence-corrected chi connectivity index (χ4v) is 2.97. The number of benzene rings is 2. The molecule has 0 spiro atoms. The van der Waals surface area contributed by atoms with Crippen LogP contribution >= 0.6 is 0 Å². The van der Waals surface area contributed by atoms with Crippen LogP contribution in [0.4, 0.5) is 5.95 Å². The molecule has 0 atom stereocenters. The van der Waals surface area contributed by atoms with E-state index < -0.39 is 0 Å². The Labute approximate surface area is 157 Å². The monoisotopic (exact) mass is 357 g/mol. The maximum atomic E-state index is 12.7. The zero-order valence-corrected chi connectivity index (χ0v) is 14.9. The van der Waals surface area contributed by atoms with Crippen molar-refractivity contribution in [2.24, 2.45) is 7.05 Å². The SMILES string of the molecule is Cn1c(-c2ccccc2)cnc1NC(=O)c1cccc(Cn2cccn2)c1. The standard InChI is InChI=1S/C21H19N5O/c1-25-19(17-8-3-2-4-9-17)14-22-21(25)24-20(27)18-10-5-7-16(13-18)15-26-12-6-11-23-26/h2-14H,15H2,1H3,(H,22,24,27). The van der Waals surface area contributed by atoms with E-state index in [-0.39, 0.29) is 5.91 Å². The summed E-state index contributed by atoms with van der Waals surface area (Å²) in [5.74, 6) is 0.321. The fraction of sp³-hybridized carbons (Fsp3) is 0.0952. The summed E-state index contributed by atoms with van der Waals surface area (Å²) in [5, 5.41) is 7.09. The summed E-state index contributed by atoms with van der Waals surface area (Å²) in [7, 11) is 1.89. The number of nitrogens with one attached hydrogen (secondary N) is 1. The minimum absolute atomic E-state index is 0.189. The van der Waals surface area contributed by atoms with Gasteiger partial charge in [0.2, 0.25) is 5.95 Å². The van der Waals surface area contributed by atoms with Crippen molar-refractivity contribution in [3.8, 4) is 11.3 Å². The summed E-state index contributed by atoms with van der Waals surface area (Å²) < 4.78 is 3.70. The molecular weight excluding hydrogens is 338 g/mol. The van der Waals surface area contributed by atoms with Gasteiger partial charge >= 0.3 is 0 Å². The molecule has 2 aromatic carbocycles. The van der Waals surface area contributed by atoms with Gasteiger partial charge in [-0.3, -0.25) is 14.8 Å². The van der Waals surface area contributed by atoms with Gasteiger partial charge in [0.1, 0.15) is 0 Å². The largest absolute Gasteiger partial charge is 0.313 e. The third-order valence-corrected chi connectivity index (χ3v) is 4.38. The molecule has 2 heterocycles. The second-order valence-electron chi connectivity index (χ2n) is 6.25. The molecule has 1 amide bonds. The average Bonchev–Trinajstić information content (AvgIpc) is 3.33. The van der Waals surface area contributed by atoms with Crippen molar-refractivity contribution >= 4 is 11.9 Å². The van der Waals surface area contributed by atoms with Crippen LogP contribution in [0.25, 0.3) is 11.3 Å². The Kier molecular flexibility index (Phi) is 4.53. The van der Waals surface area contributed by atoms with Crippen LogP contribution in [0, 0.1) is 0 Å². The number of aromatic nitrogens is 4. The van der Waals surface area contributed by atoms with Gasteiger partial charge < -0.3 is 4.57 Å². The summed E-state index contributed by atoms with van der Waals surface area (Å²) in [6.07, 6.45) is 5.40. The lowest BCUT2D eigenvalue weighted by atomic mass is 10.1. The number of carbonyl (C=O) groups is 1. The smallest absolute Gasteiger partial charge is 0.257 e. The molecule has 0 unspecified atom stereocenters. The van der Waals surface area contributed by atoms with E-state index in [0.717, 1.165) is 16.8 Å². The lowest BCUT2D eigenvalue weighted by molar-refractivity contribution is 0.102. The lowest BCUT2D eigenvalue weighted by Crippen LogP contribution is -2.15. The summed E-state index contributed by atoms with van der Waals surface area (Å²) in [6.45, 7) is 0.620. The second-order valence-corrected chi connectivity index (χ2v) is 6.25. The third kappa shape index (κ3) is 3.64. The first-order chi connectivity index (χ1) is 13.2. The van der Waals surface area contributed by atoms with E-state index >= 15 is 0 Å². The van der Waals surface area contributed by atoms with E-state index in [1.54, 1.807) is 18.5 Å². The van der Waals surface area contributed by atoms with E-state index in [1.807, 2.05) is 77.1 Å². The predicted molar refractivity (Wildman–Crippen MR) is 104 cm³/mol.